The van der Waals surface area contributed by atoms with Crippen LogP contribution in [0.2, 0.25) is 10.0 Å². The zero-order valence-corrected chi connectivity index (χ0v) is 19.2. The van der Waals surface area contributed by atoms with Crippen LogP contribution in [0.1, 0.15) is 6.92 Å². The van der Waals surface area contributed by atoms with Gasteiger partial charge in [-0.3, -0.25) is 4.79 Å². The van der Waals surface area contributed by atoms with Crippen molar-refractivity contribution < 1.29 is 14.3 Å². The van der Waals surface area contributed by atoms with Crippen LogP contribution in [0.4, 0.5) is 5.69 Å². The maximum absolute atomic E-state index is 12.2. The lowest BCUT2D eigenvalue weighted by atomic mass is 10.2. The summed E-state index contributed by atoms with van der Waals surface area (Å²) in [4.78, 5) is 16.7. The molecule has 0 saturated heterocycles. The minimum Gasteiger partial charge on any atom is -0.484 e. The normalized spacial score (nSPS) is 10.6. The maximum Gasteiger partial charge on any atom is 0.336 e. The largest absolute Gasteiger partial charge is 0.484 e. The van der Waals surface area contributed by atoms with Gasteiger partial charge in [-0.05, 0) is 61.5 Å². The average Bonchev–Trinajstić information content (AvgIpc) is 3.25. The number of para-hydroxylation sites is 1. The van der Waals surface area contributed by atoms with Crippen LogP contribution in [-0.4, -0.2) is 33.9 Å². The summed E-state index contributed by atoms with van der Waals surface area (Å²) in [7, 11) is 0. The van der Waals surface area contributed by atoms with E-state index in [1.807, 2.05) is 43.3 Å². The van der Waals surface area contributed by atoms with Gasteiger partial charge in [0.2, 0.25) is 0 Å². The second-order valence-corrected chi connectivity index (χ2v) is 7.70. The number of ether oxygens (including phenoxy) is 2. The molecule has 0 spiro atoms. The molecule has 0 aliphatic carbocycles. The third-order valence-corrected chi connectivity index (χ3v) is 5.29. The lowest BCUT2D eigenvalue weighted by Gasteiger charge is -2.09. The molecule has 9 heteroatoms. The van der Waals surface area contributed by atoms with Crippen molar-refractivity contribution in [1.82, 2.24) is 14.8 Å². The first-order valence-electron chi connectivity index (χ1n) is 10.2. The summed E-state index contributed by atoms with van der Waals surface area (Å²) >= 11 is 12.2. The molecule has 0 bridgehead atoms. The highest BCUT2D eigenvalue weighted by Crippen LogP contribution is 2.30. The fourth-order valence-electron chi connectivity index (χ4n) is 3.03. The number of rotatable bonds is 8. The van der Waals surface area contributed by atoms with Gasteiger partial charge in [0.1, 0.15) is 5.75 Å². The zero-order chi connectivity index (χ0) is 23.2. The third-order valence-electron chi connectivity index (χ3n) is 4.55. The van der Waals surface area contributed by atoms with E-state index in [4.69, 9.17) is 32.7 Å². The number of carbonyl (C=O) groups is 1. The molecule has 33 heavy (non-hydrogen) atoms. The van der Waals surface area contributed by atoms with Gasteiger partial charge in [0.05, 0.1) is 22.3 Å². The monoisotopic (exact) mass is 482 g/mol. The minimum atomic E-state index is -0.262. The van der Waals surface area contributed by atoms with E-state index in [1.165, 1.54) is 0 Å². The van der Waals surface area contributed by atoms with E-state index in [9.17, 15) is 4.79 Å². The highest BCUT2D eigenvalue weighted by molar-refractivity contribution is 6.42. The average molecular weight is 483 g/mol. The van der Waals surface area contributed by atoms with Crippen LogP contribution in [0, 0.1) is 0 Å². The quantitative estimate of drug-likeness (QED) is 0.350. The Hall–Kier alpha value is -3.55. The first kappa shape index (κ1) is 22.6. The number of aromatic nitrogens is 3. The highest BCUT2D eigenvalue weighted by Gasteiger charge is 2.16. The first-order valence-corrected chi connectivity index (χ1v) is 10.9. The van der Waals surface area contributed by atoms with Crippen LogP contribution < -0.4 is 14.8 Å². The molecule has 3 aromatic carbocycles. The van der Waals surface area contributed by atoms with Crippen molar-refractivity contribution in [3.05, 3.63) is 82.8 Å². The van der Waals surface area contributed by atoms with Crippen molar-refractivity contribution in [3.8, 4) is 28.8 Å². The molecular weight excluding hydrogens is 463 g/mol. The van der Waals surface area contributed by atoms with E-state index in [1.54, 1.807) is 41.1 Å². The smallest absolute Gasteiger partial charge is 0.336 e. The number of hydrogen-bond donors (Lipinski definition) is 1. The van der Waals surface area contributed by atoms with Crippen molar-refractivity contribution in [2.24, 2.45) is 0 Å². The molecule has 0 atom stereocenters. The van der Waals surface area contributed by atoms with E-state index in [0.29, 0.717) is 33.9 Å². The summed E-state index contributed by atoms with van der Waals surface area (Å²) in [5.74, 6) is 0.918. The summed E-state index contributed by atoms with van der Waals surface area (Å²) in [5, 5.41) is 8.13. The molecule has 1 N–H and O–H groups in total. The number of nitrogens with one attached hydrogen (secondary N) is 1. The third kappa shape index (κ3) is 5.63. The SMILES string of the molecule is CCOc1nc(-c2ccc(Cl)c(Cl)c2)n(-c2ccc(NC(=O)COc3ccccc3)cc2)n1. The number of halogens is 2. The number of carbonyl (C=O) groups excluding carboxylic acids is 1. The molecule has 0 fully saturated rings. The van der Waals surface area contributed by atoms with Gasteiger partial charge in [-0.15, -0.1) is 5.10 Å². The number of benzene rings is 3. The van der Waals surface area contributed by atoms with Crippen molar-refractivity contribution >= 4 is 34.8 Å². The van der Waals surface area contributed by atoms with Crippen LogP contribution in [0.3, 0.4) is 0 Å². The van der Waals surface area contributed by atoms with E-state index in [0.717, 1.165) is 11.3 Å². The maximum atomic E-state index is 12.2. The van der Waals surface area contributed by atoms with Crippen LogP contribution in [0.5, 0.6) is 11.8 Å². The van der Waals surface area contributed by atoms with E-state index >= 15 is 0 Å². The molecule has 0 unspecified atom stereocenters. The zero-order valence-electron chi connectivity index (χ0n) is 17.7. The van der Waals surface area contributed by atoms with Gasteiger partial charge < -0.3 is 14.8 Å². The molecule has 0 aliphatic heterocycles. The van der Waals surface area contributed by atoms with Crippen molar-refractivity contribution in [1.29, 1.82) is 0 Å². The Bertz CT molecular complexity index is 1240. The summed E-state index contributed by atoms with van der Waals surface area (Å²) < 4.78 is 12.6. The Kier molecular flexibility index (Phi) is 7.12. The molecule has 168 valence electrons. The number of nitrogens with zero attached hydrogens (tertiary/aromatic N) is 3. The Balaban J connectivity index is 1.52. The second kappa shape index (κ2) is 10.4. The molecule has 7 nitrogen and oxygen atoms in total. The molecule has 0 radical (unpaired) electrons. The molecule has 4 aromatic rings. The van der Waals surface area contributed by atoms with Crippen LogP contribution >= 0.6 is 23.2 Å². The van der Waals surface area contributed by atoms with Crippen LogP contribution in [0.25, 0.3) is 17.1 Å². The summed E-state index contributed by atoms with van der Waals surface area (Å²) in [6, 6.07) is 21.8. The molecule has 0 aliphatic rings. The summed E-state index contributed by atoms with van der Waals surface area (Å²) in [6.07, 6.45) is 0. The molecule has 0 saturated carbocycles. The van der Waals surface area contributed by atoms with Crippen molar-refractivity contribution in [2.45, 2.75) is 6.92 Å². The Labute approximate surface area is 200 Å². The molecule has 4 rings (SSSR count). The summed E-state index contributed by atoms with van der Waals surface area (Å²) in [6.45, 7) is 2.20. The fraction of sp³-hybridized carbons (Fsp3) is 0.125. The van der Waals surface area contributed by atoms with E-state index in [2.05, 4.69) is 15.4 Å². The standard InChI is InChI=1S/C24H20Cl2N4O3/c1-2-32-24-28-23(16-8-13-20(25)21(26)14-16)30(29-24)18-11-9-17(10-12-18)27-22(31)15-33-19-6-4-3-5-7-19/h3-14H,2,15H2,1H3,(H,27,31). The molecule has 1 heterocycles. The predicted octanol–water partition coefficient (Wildman–Crippen LogP) is 5.66. The molecular formula is C24H20Cl2N4O3. The van der Waals surface area contributed by atoms with Gasteiger partial charge in [-0.25, -0.2) is 4.68 Å². The molecule has 1 amide bonds. The van der Waals surface area contributed by atoms with E-state index < -0.39 is 0 Å². The first-order chi connectivity index (χ1) is 16.0. The van der Waals surface area contributed by atoms with Gasteiger partial charge in [-0.2, -0.15) is 4.98 Å². The van der Waals surface area contributed by atoms with Gasteiger partial charge in [0.25, 0.3) is 5.91 Å². The van der Waals surface area contributed by atoms with Crippen LogP contribution in [0.15, 0.2) is 72.8 Å². The fourth-order valence-corrected chi connectivity index (χ4v) is 3.33. The minimum absolute atomic E-state index is 0.0893. The Morgan fingerprint density at radius 1 is 0.970 bits per heavy atom. The van der Waals surface area contributed by atoms with E-state index in [-0.39, 0.29) is 18.5 Å². The topological polar surface area (TPSA) is 78.3 Å². The lowest BCUT2D eigenvalue weighted by Crippen LogP contribution is -2.20. The Morgan fingerprint density at radius 3 is 2.42 bits per heavy atom. The number of anilines is 1. The summed E-state index contributed by atoms with van der Waals surface area (Å²) in [5.41, 5.74) is 2.09. The number of hydrogen-bond acceptors (Lipinski definition) is 5. The van der Waals surface area contributed by atoms with Gasteiger partial charge in [0.15, 0.2) is 12.4 Å². The molecule has 1 aromatic heterocycles. The van der Waals surface area contributed by atoms with Gasteiger partial charge >= 0.3 is 6.01 Å². The highest BCUT2D eigenvalue weighted by atomic mass is 35.5. The predicted molar refractivity (Wildman–Crippen MR) is 129 cm³/mol. The number of amides is 1. The lowest BCUT2D eigenvalue weighted by molar-refractivity contribution is -0.118. The Morgan fingerprint density at radius 2 is 1.73 bits per heavy atom. The van der Waals surface area contributed by atoms with Crippen LogP contribution in [-0.2, 0) is 4.79 Å². The second-order valence-electron chi connectivity index (χ2n) is 6.89. The van der Waals surface area contributed by atoms with Gasteiger partial charge in [-0.1, -0.05) is 41.4 Å². The van der Waals surface area contributed by atoms with Gasteiger partial charge in [0, 0.05) is 11.3 Å². The van der Waals surface area contributed by atoms with Crippen molar-refractivity contribution in [2.75, 3.05) is 18.5 Å². The van der Waals surface area contributed by atoms with Crippen molar-refractivity contribution in [3.63, 3.8) is 0 Å².